The van der Waals surface area contributed by atoms with Gasteiger partial charge in [0.25, 0.3) is 0 Å². The van der Waals surface area contributed by atoms with E-state index >= 15 is 0 Å². The third-order valence-electron chi connectivity index (χ3n) is 18.8. The molecular weight excluding hydrogens is 1300 g/mol. The van der Waals surface area contributed by atoms with Gasteiger partial charge in [-0.25, -0.2) is 19.9 Å². The van der Waals surface area contributed by atoms with E-state index in [1.807, 2.05) is 133 Å². The molecule has 0 radical (unpaired) electrons. The molecule has 6 heterocycles. The maximum absolute atomic E-state index is 9.43. The first-order valence-electron chi connectivity index (χ1n) is 33.1. The van der Waals surface area contributed by atoms with E-state index in [-0.39, 0.29) is 0 Å². The van der Waals surface area contributed by atoms with Gasteiger partial charge in [-0.1, -0.05) is 234 Å². The van der Waals surface area contributed by atoms with E-state index in [1.54, 1.807) is 6.07 Å². The van der Waals surface area contributed by atoms with Gasteiger partial charge < -0.3 is 28.0 Å². The maximum Gasteiger partial charge on any atom is 0.488 e. The highest BCUT2D eigenvalue weighted by Gasteiger charge is 2.22. The van der Waals surface area contributed by atoms with Gasteiger partial charge in [-0.3, -0.25) is 0 Å². The Bertz CT molecular complexity index is 6530. The highest BCUT2D eigenvalue weighted by Crippen LogP contribution is 2.43. The predicted octanol–water partition coefficient (Wildman–Crippen LogP) is 21.7. The van der Waals surface area contributed by atoms with Crippen LogP contribution in [-0.2, 0) is 0 Å². The summed E-state index contributed by atoms with van der Waals surface area (Å²) in [5.41, 5.74) is 20.7. The molecule has 2 N–H and O–H groups in total. The Morgan fingerprint density at radius 3 is 1.20 bits per heavy atom. The highest BCUT2D eigenvalue weighted by molar-refractivity contribution is 9.10. The summed E-state index contributed by atoms with van der Waals surface area (Å²) in [6.07, 6.45) is 0. The van der Waals surface area contributed by atoms with Crippen molar-refractivity contribution in [1.29, 1.82) is 0 Å². The van der Waals surface area contributed by atoms with Crippen LogP contribution < -0.4 is 5.46 Å². The van der Waals surface area contributed by atoms with Crippen LogP contribution >= 0.6 is 15.9 Å². The quantitative estimate of drug-likeness (QED) is 0.144. The molecule has 20 rings (SSSR count). The number of furan rings is 2. The molecule has 0 aliphatic heterocycles. The second-order valence-electron chi connectivity index (χ2n) is 24.7. The van der Waals surface area contributed by atoms with Crippen LogP contribution in [0.3, 0.4) is 0 Å². The van der Waals surface area contributed by atoms with Crippen molar-refractivity contribution in [3.05, 3.63) is 332 Å². The number of benzene rings is 14. The molecule has 0 saturated carbocycles. The summed E-state index contributed by atoms with van der Waals surface area (Å²) in [6, 6.07) is 112. The first kappa shape index (κ1) is 59.9. The van der Waals surface area contributed by atoms with Gasteiger partial charge in [-0.05, 0) is 126 Å². The molecule has 10 nitrogen and oxygen atoms in total. The predicted molar refractivity (Wildman–Crippen MR) is 413 cm³/mol. The van der Waals surface area contributed by atoms with Gasteiger partial charge in [0.2, 0.25) is 0 Å². The Morgan fingerprint density at radius 1 is 0.290 bits per heavy atom. The van der Waals surface area contributed by atoms with Crippen molar-refractivity contribution in [3.8, 4) is 67.8 Å². The van der Waals surface area contributed by atoms with E-state index < -0.39 is 7.12 Å². The van der Waals surface area contributed by atoms with E-state index in [2.05, 4.69) is 213 Å². The Kier molecular flexibility index (Phi) is 15.0. The monoisotopic (exact) mass is 1350 g/mol. The Hall–Kier alpha value is -12.6. The van der Waals surface area contributed by atoms with Gasteiger partial charge in [0, 0.05) is 92.0 Å². The second kappa shape index (κ2) is 25.1. The lowest BCUT2D eigenvalue weighted by Gasteiger charge is -2.10. The normalized spacial score (nSPS) is 11.6. The molecular formula is C88H56BBrN6O4. The molecule has 0 bridgehead atoms. The smallest absolute Gasteiger partial charge is 0.456 e. The number of fused-ring (bicyclic) bond motifs is 14. The van der Waals surface area contributed by atoms with Gasteiger partial charge in [0.1, 0.15) is 22.3 Å². The van der Waals surface area contributed by atoms with Crippen LogP contribution in [0.4, 0.5) is 0 Å². The zero-order valence-electron chi connectivity index (χ0n) is 53.5. The standard InChI is InChI=1S/C44H27N3O.C26H15BrN2O.C18H14BNO2/c1-3-12-28(13-4-1)43-33-17-7-9-19-37(33)45-44(46-43)34-18-11-21-41-42(34)36-27-30(23-25-40(36)48-41)29-22-24-39-35(26-29)32-16-8-10-20-38(32)47(39)31-14-5-2-6-15-31;27-17-13-14-22-20(15-17)24-19(10-6-12-23(24)30-22)26-28-21-11-5-4-9-18(21)25(29-26)16-7-2-1-3-8-16;21-19(22)13-10-11-18-16(12-13)15-8-4-5-9-17(15)20(18)14-6-2-1-3-7-14/h1-27H;1-15H;1-12,21-22H. The summed E-state index contributed by atoms with van der Waals surface area (Å²) in [5.74, 6) is 1.38. The first-order chi connectivity index (χ1) is 49.3. The average molecular weight is 1350 g/mol. The Balaban J connectivity index is 0.000000118. The molecule has 0 aliphatic rings. The number of nitrogens with zero attached hydrogens (tertiary/aromatic N) is 6. The topological polar surface area (TPSA) is 128 Å². The minimum atomic E-state index is -1.46. The molecule has 14 aromatic carbocycles. The van der Waals surface area contributed by atoms with Gasteiger partial charge >= 0.3 is 7.12 Å². The summed E-state index contributed by atoms with van der Waals surface area (Å²) in [7, 11) is -1.46. The van der Waals surface area contributed by atoms with Gasteiger partial charge in [-0.15, -0.1) is 0 Å². The van der Waals surface area contributed by atoms with E-state index in [0.29, 0.717) is 17.1 Å². The van der Waals surface area contributed by atoms with E-state index in [0.717, 1.165) is 148 Å². The molecule has 6 aromatic heterocycles. The number of para-hydroxylation sites is 6. The average Bonchev–Trinajstić information content (AvgIpc) is 1.53. The van der Waals surface area contributed by atoms with Crippen LogP contribution in [0.25, 0.3) is 177 Å². The Morgan fingerprint density at radius 2 is 0.690 bits per heavy atom. The minimum absolute atomic E-state index is 0.503. The van der Waals surface area contributed by atoms with Crippen LogP contribution in [0.1, 0.15) is 0 Å². The van der Waals surface area contributed by atoms with Crippen molar-refractivity contribution in [2.75, 3.05) is 0 Å². The number of halogens is 1. The molecule has 0 unspecified atom stereocenters. The van der Waals surface area contributed by atoms with Gasteiger partial charge in [0.05, 0.1) is 44.5 Å². The van der Waals surface area contributed by atoms with Crippen molar-refractivity contribution in [2.45, 2.75) is 0 Å². The second-order valence-corrected chi connectivity index (χ2v) is 25.6. The SMILES string of the molecule is Brc1ccc2oc3cccc(-c4nc(-c5ccccc5)c5ccccc5n4)c3c2c1.OB(O)c1ccc2c(c1)c1ccccc1n2-c1ccccc1.c1ccc(-c2nc(-c3cccc4oc5ccc(-c6ccc7c(c6)c6ccccc6n7-c6ccccc6)cc5c34)nc3ccccc23)cc1. The summed E-state index contributed by atoms with van der Waals surface area (Å²) < 4.78 is 18.1. The van der Waals surface area contributed by atoms with Crippen molar-refractivity contribution < 1.29 is 18.9 Å². The molecule has 100 heavy (non-hydrogen) atoms. The molecule has 0 spiro atoms. The molecule has 0 amide bonds. The summed E-state index contributed by atoms with van der Waals surface area (Å²) >= 11 is 3.59. The molecule has 0 aliphatic carbocycles. The largest absolute Gasteiger partial charge is 0.488 e. The number of aromatic nitrogens is 6. The minimum Gasteiger partial charge on any atom is -0.456 e. The van der Waals surface area contributed by atoms with Crippen LogP contribution in [0, 0.1) is 0 Å². The lowest BCUT2D eigenvalue weighted by molar-refractivity contribution is 0.426. The van der Waals surface area contributed by atoms with Crippen LogP contribution in [0.15, 0.2) is 341 Å². The van der Waals surface area contributed by atoms with Crippen molar-refractivity contribution in [3.63, 3.8) is 0 Å². The Labute approximate surface area is 581 Å². The third kappa shape index (κ3) is 10.6. The van der Waals surface area contributed by atoms with Crippen molar-refractivity contribution >= 4 is 138 Å². The summed E-state index contributed by atoms with van der Waals surface area (Å²) in [4.78, 5) is 20.2. The van der Waals surface area contributed by atoms with Crippen LogP contribution in [0.2, 0.25) is 0 Å². The lowest BCUT2D eigenvalue weighted by Crippen LogP contribution is -2.29. The molecule has 0 saturated heterocycles. The van der Waals surface area contributed by atoms with Gasteiger partial charge in [0.15, 0.2) is 11.6 Å². The zero-order chi connectivity index (χ0) is 66.8. The fraction of sp³-hybridized carbons (Fsp3) is 0. The third-order valence-corrected chi connectivity index (χ3v) is 19.3. The highest BCUT2D eigenvalue weighted by atomic mass is 79.9. The fourth-order valence-electron chi connectivity index (χ4n) is 14.2. The number of rotatable bonds is 8. The number of hydrogen-bond donors (Lipinski definition) is 2. The van der Waals surface area contributed by atoms with Crippen LogP contribution in [-0.4, -0.2) is 46.2 Å². The summed E-state index contributed by atoms with van der Waals surface area (Å²) in [6.45, 7) is 0. The molecule has 12 heteroatoms. The maximum atomic E-state index is 9.43. The summed E-state index contributed by atoms with van der Waals surface area (Å²) in [5, 5.41) is 29.6. The molecule has 0 atom stereocenters. The lowest BCUT2D eigenvalue weighted by atomic mass is 9.80. The van der Waals surface area contributed by atoms with Crippen molar-refractivity contribution in [1.82, 2.24) is 29.1 Å². The van der Waals surface area contributed by atoms with E-state index in [9.17, 15) is 10.0 Å². The first-order valence-corrected chi connectivity index (χ1v) is 33.9. The molecule has 20 aromatic rings. The zero-order valence-corrected chi connectivity index (χ0v) is 55.1. The van der Waals surface area contributed by atoms with Gasteiger partial charge in [-0.2, -0.15) is 0 Å². The van der Waals surface area contributed by atoms with Crippen LogP contribution in [0.5, 0.6) is 0 Å². The fourth-order valence-corrected chi connectivity index (χ4v) is 14.6. The van der Waals surface area contributed by atoms with Crippen molar-refractivity contribution in [2.24, 2.45) is 0 Å². The molecule has 472 valence electrons. The molecule has 0 fully saturated rings. The van der Waals surface area contributed by atoms with E-state index in [4.69, 9.17) is 28.8 Å². The van der Waals surface area contributed by atoms with E-state index in [1.165, 1.54) is 21.8 Å². The number of hydrogen-bond acceptors (Lipinski definition) is 8.